The first-order valence-electron chi connectivity index (χ1n) is 4.87. The molecule has 1 atom stereocenters. The summed E-state index contributed by atoms with van der Waals surface area (Å²) in [6, 6.07) is -0.304. The predicted molar refractivity (Wildman–Crippen MR) is 54.3 cm³/mol. The van der Waals surface area contributed by atoms with Gasteiger partial charge in [-0.15, -0.1) is 0 Å². The number of hydrogen-bond acceptors (Lipinski definition) is 3. The minimum absolute atomic E-state index is 0.150. The smallest absolute Gasteiger partial charge is 0.255 e. The van der Waals surface area contributed by atoms with Gasteiger partial charge in [0.05, 0.1) is 6.04 Å². The second-order valence-corrected chi connectivity index (χ2v) is 3.15. The van der Waals surface area contributed by atoms with E-state index in [9.17, 15) is 9.59 Å². The van der Waals surface area contributed by atoms with Gasteiger partial charge in [0.1, 0.15) is 0 Å². The lowest BCUT2D eigenvalue weighted by Crippen LogP contribution is -2.49. The Balaban J connectivity index is 3.61. The molecule has 14 heavy (non-hydrogen) atoms. The summed E-state index contributed by atoms with van der Waals surface area (Å²) in [6.45, 7) is 3.72. The maximum absolute atomic E-state index is 11.2. The summed E-state index contributed by atoms with van der Waals surface area (Å²) in [5, 5.41) is 2.77. The van der Waals surface area contributed by atoms with Gasteiger partial charge in [0.15, 0.2) is 0 Å². The van der Waals surface area contributed by atoms with Gasteiger partial charge in [-0.05, 0) is 20.4 Å². The second-order valence-electron chi connectivity index (χ2n) is 3.15. The Bertz CT molecular complexity index is 194. The molecule has 0 heterocycles. The van der Waals surface area contributed by atoms with Crippen LogP contribution in [0.2, 0.25) is 0 Å². The van der Waals surface area contributed by atoms with Crippen LogP contribution < -0.4 is 16.2 Å². The minimum atomic E-state index is -0.304. The van der Waals surface area contributed by atoms with Crippen molar-refractivity contribution in [2.75, 3.05) is 7.05 Å². The molecule has 0 unspecified atom stereocenters. The van der Waals surface area contributed by atoms with E-state index in [0.29, 0.717) is 6.42 Å². The summed E-state index contributed by atoms with van der Waals surface area (Å²) in [5.74, 6) is -0.388. The van der Waals surface area contributed by atoms with Gasteiger partial charge in [-0.3, -0.25) is 20.4 Å². The molecule has 0 aromatic heterocycles. The lowest BCUT2D eigenvalue weighted by molar-refractivity contribution is -0.129. The molecule has 5 nitrogen and oxygen atoms in total. The Morgan fingerprint density at radius 1 is 1.29 bits per heavy atom. The summed E-state index contributed by atoms with van der Waals surface area (Å²) in [6.07, 6.45) is 2.25. The number of hydrogen-bond donors (Lipinski definition) is 3. The van der Waals surface area contributed by atoms with Crippen molar-refractivity contribution in [3.63, 3.8) is 0 Å². The second kappa shape index (κ2) is 7.32. The highest BCUT2D eigenvalue weighted by Crippen LogP contribution is 1.91. The van der Waals surface area contributed by atoms with Crippen LogP contribution in [0, 0.1) is 0 Å². The molecule has 3 N–H and O–H groups in total. The Morgan fingerprint density at radius 3 is 2.43 bits per heavy atom. The standard InChI is InChI=1S/C9H19N3O2/c1-4-5-6-8(13)11-12-9(14)7(2)10-3/h7,10H,4-6H2,1-3H3,(H,11,13)(H,12,14)/t7-/m0/s1. The molecule has 0 saturated heterocycles. The topological polar surface area (TPSA) is 70.2 Å². The highest BCUT2D eigenvalue weighted by molar-refractivity contribution is 5.84. The molecular weight excluding hydrogens is 182 g/mol. The third kappa shape index (κ3) is 5.53. The summed E-state index contributed by atoms with van der Waals surface area (Å²) < 4.78 is 0. The van der Waals surface area contributed by atoms with Gasteiger partial charge in [-0.25, -0.2) is 0 Å². The summed E-state index contributed by atoms with van der Waals surface area (Å²) in [4.78, 5) is 22.2. The van der Waals surface area contributed by atoms with Crippen LogP contribution >= 0.6 is 0 Å². The van der Waals surface area contributed by atoms with E-state index in [0.717, 1.165) is 12.8 Å². The van der Waals surface area contributed by atoms with Gasteiger partial charge in [0.2, 0.25) is 5.91 Å². The first-order valence-corrected chi connectivity index (χ1v) is 4.87. The highest BCUT2D eigenvalue weighted by atomic mass is 16.2. The van der Waals surface area contributed by atoms with Crippen molar-refractivity contribution in [2.24, 2.45) is 0 Å². The normalized spacial score (nSPS) is 11.9. The van der Waals surface area contributed by atoms with Crippen molar-refractivity contribution >= 4 is 11.8 Å². The number of nitrogens with one attached hydrogen (secondary N) is 3. The van der Waals surface area contributed by atoms with Crippen molar-refractivity contribution < 1.29 is 9.59 Å². The summed E-state index contributed by atoms with van der Waals surface area (Å²) >= 11 is 0. The van der Waals surface area contributed by atoms with Crippen LogP contribution in [0.1, 0.15) is 33.1 Å². The predicted octanol–water partition coefficient (Wildman–Crippen LogP) is -0.0681. The quantitative estimate of drug-likeness (QED) is 0.545. The van der Waals surface area contributed by atoms with Gasteiger partial charge in [0, 0.05) is 6.42 Å². The number of hydrazine groups is 1. The van der Waals surface area contributed by atoms with E-state index in [4.69, 9.17) is 0 Å². The van der Waals surface area contributed by atoms with Crippen molar-refractivity contribution in [3.8, 4) is 0 Å². The van der Waals surface area contributed by atoms with Gasteiger partial charge in [-0.1, -0.05) is 13.3 Å². The van der Waals surface area contributed by atoms with Crippen LogP contribution in [0.25, 0.3) is 0 Å². The van der Waals surface area contributed by atoms with E-state index >= 15 is 0 Å². The van der Waals surface area contributed by atoms with E-state index in [1.165, 1.54) is 0 Å². The number of rotatable bonds is 5. The Labute approximate surface area is 84.6 Å². The number of carbonyl (C=O) groups excluding carboxylic acids is 2. The van der Waals surface area contributed by atoms with Crippen LogP contribution in [0.15, 0.2) is 0 Å². The molecule has 0 bridgehead atoms. The highest BCUT2D eigenvalue weighted by Gasteiger charge is 2.10. The van der Waals surface area contributed by atoms with Gasteiger partial charge < -0.3 is 5.32 Å². The van der Waals surface area contributed by atoms with Crippen molar-refractivity contribution in [3.05, 3.63) is 0 Å². The Morgan fingerprint density at radius 2 is 1.93 bits per heavy atom. The molecule has 0 aliphatic rings. The van der Waals surface area contributed by atoms with Crippen LogP contribution in [0.3, 0.4) is 0 Å². The third-order valence-electron chi connectivity index (χ3n) is 1.91. The molecule has 0 spiro atoms. The average Bonchev–Trinajstić information content (AvgIpc) is 2.21. The van der Waals surface area contributed by atoms with E-state index in [-0.39, 0.29) is 17.9 Å². The molecule has 0 aromatic carbocycles. The monoisotopic (exact) mass is 201 g/mol. The van der Waals surface area contributed by atoms with Crippen molar-refractivity contribution in [1.82, 2.24) is 16.2 Å². The minimum Gasteiger partial charge on any atom is -0.309 e. The summed E-state index contributed by atoms with van der Waals surface area (Å²) in [5.41, 5.74) is 4.70. The molecular formula is C9H19N3O2. The number of carbonyl (C=O) groups is 2. The zero-order valence-corrected chi connectivity index (χ0v) is 9.02. The number of likely N-dealkylation sites (N-methyl/N-ethyl adjacent to an activating group) is 1. The maximum Gasteiger partial charge on any atom is 0.255 e. The maximum atomic E-state index is 11.2. The summed E-state index contributed by atoms with van der Waals surface area (Å²) in [7, 11) is 1.68. The van der Waals surface area contributed by atoms with Crippen molar-refractivity contribution in [2.45, 2.75) is 39.2 Å². The van der Waals surface area contributed by atoms with Crippen LogP contribution in [0.4, 0.5) is 0 Å². The van der Waals surface area contributed by atoms with E-state index in [1.807, 2.05) is 6.92 Å². The molecule has 82 valence electrons. The van der Waals surface area contributed by atoms with E-state index in [2.05, 4.69) is 16.2 Å². The average molecular weight is 201 g/mol. The first-order chi connectivity index (χ1) is 6.61. The lowest BCUT2D eigenvalue weighted by atomic mass is 10.2. The Kier molecular flexibility index (Phi) is 6.74. The van der Waals surface area contributed by atoms with Crippen molar-refractivity contribution in [1.29, 1.82) is 0 Å². The molecule has 0 fully saturated rings. The fourth-order valence-electron chi connectivity index (χ4n) is 0.770. The molecule has 5 heteroatoms. The Hall–Kier alpha value is -1.10. The van der Waals surface area contributed by atoms with Crippen LogP contribution in [-0.2, 0) is 9.59 Å². The van der Waals surface area contributed by atoms with Crippen LogP contribution in [-0.4, -0.2) is 24.9 Å². The largest absolute Gasteiger partial charge is 0.309 e. The molecule has 2 amide bonds. The lowest BCUT2D eigenvalue weighted by Gasteiger charge is -2.11. The van der Waals surface area contributed by atoms with Crippen LogP contribution in [0.5, 0.6) is 0 Å². The third-order valence-corrected chi connectivity index (χ3v) is 1.91. The van der Waals surface area contributed by atoms with E-state index < -0.39 is 0 Å². The number of unbranched alkanes of at least 4 members (excludes halogenated alkanes) is 1. The zero-order chi connectivity index (χ0) is 11.0. The number of amides is 2. The first kappa shape index (κ1) is 12.9. The molecule has 0 radical (unpaired) electrons. The molecule has 0 aromatic rings. The van der Waals surface area contributed by atoms with Gasteiger partial charge >= 0.3 is 0 Å². The molecule has 0 aliphatic heterocycles. The molecule has 0 aliphatic carbocycles. The van der Waals surface area contributed by atoms with E-state index in [1.54, 1.807) is 14.0 Å². The van der Waals surface area contributed by atoms with Gasteiger partial charge in [0.25, 0.3) is 5.91 Å². The fraction of sp³-hybridized carbons (Fsp3) is 0.778. The molecule has 0 saturated carbocycles. The fourth-order valence-corrected chi connectivity index (χ4v) is 0.770. The molecule has 0 rings (SSSR count). The zero-order valence-electron chi connectivity index (χ0n) is 9.02. The van der Waals surface area contributed by atoms with Gasteiger partial charge in [-0.2, -0.15) is 0 Å². The SMILES string of the molecule is CCCCC(=O)NNC(=O)[C@H](C)NC.